The Labute approximate surface area is 188 Å². The van der Waals surface area contributed by atoms with E-state index in [0.29, 0.717) is 22.2 Å². The normalized spacial score (nSPS) is 11.9. The summed E-state index contributed by atoms with van der Waals surface area (Å²) in [6.07, 6.45) is 0. The van der Waals surface area contributed by atoms with Crippen molar-refractivity contribution in [1.82, 2.24) is 19.7 Å². The van der Waals surface area contributed by atoms with E-state index < -0.39 is 5.25 Å². The Morgan fingerprint density at radius 3 is 2.06 bits per heavy atom. The van der Waals surface area contributed by atoms with Crippen LogP contribution in [0.25, 0.3) is 17.1 Å². The number of carbonyl (C=O) groups excluding carboxylic acids is 1. The van der Waals surface area contributed by atoms with Crippen LogP contribution >= 0.6 is 11.8 Å². The highest BCUT2D eigenvalue weighted by atomic mass is 32.2. The molecule has 162 valence electrons. The molecule has 5 nitrogen and oxygen atoms in total. The molecule has 0 unspecified atom stereocenters. The second-order valence-electron chi connectivity index (χ2n) is 7.27. The van der Waals surface area contributed by atoms with E-state index >= 15 is 0 Å². The molecule has 4 rings (SSSR count). The molecule has 0 aliphatic carbocycles. The second-order valence-corrected chi connectivity index (χ2v) is 8.34. The van der Waals surface area contributed by atoms with Crippen LogP contribution in [-0.2, 0) is 4.79 Å². The summed E-state index contributed by atoms with van der Waals surface area (Å²) in [7, 11) is 3.40. The Morgan fingerprint density at radius 1 is 0.875 bits per heavy atom. The zero-order valence-electron chi connectivity index (χ0n) is 17.4. The van der Waals surface area contributed by atoms with E-state index in [1.54, 1.807) is 42.9 Å². The fourth-order valence-corrected chi connectivity index (χ4v) is 4.38. The lowest BCUT2D eigenvalue weighted by Gasteiger charge is -2.20. The van der Waals surface area contributed by atoms with Crippen molar-refractivity contribution in [3.63, 3.8) is 0 Å². The number of rotatable bonds is 6. The molecule has 0 aliphatic rings. The standard InChI is InChI=1S/C24H20F2N4OS/c1-29(2)23(31)21(16-6-4-3-5-7-16)32-24-28-27-22(17-8-10-18(25)11-9-17)30(24)20-14-12-19(26)13-15-20/h3-15,21H,1-2H3/t21-/m1/s1. The third-order valence-corrected chi connectivity index (χ3v) is 6.00. The molecular formula is C24H20F2N4OS. The van der Waals surface area contributed by atoms with Crippen LogP contribution in [0.15, 0.2) is 84.0 Å². The third-order valence-electron chi connectivity index (χ3n) is 4.81. The van der Waals surface area contributed by atoms with Crippen molar-refractivity contribution in [3.8, 4) is 17.1 Å². The minimum Gasteiger partial charge on any atom is -0.348 e. The van der Waals surface area contributed by atoms with Gasteiger partial charge in [0.1, 0.15) is 16.9 Å². The molecule has 0 radical (unpaired) electrons. The summed E-state index contributed by atoms with van der Waals surface area (Å²) in [5.41, 5.74) is 2.10. The van der Waals surface area contributed by atoms with E-state index in [-0.39, 0.29) is 17.5 Å². The molecule has 0 saturated carbocycles. The lowest BCUT2D eigenvalue weighted by molar-refractivity contribution is -0.128. The number of hydrogen-bond acceptors (Lipinski definition) is 4. The summed E-state index contributed by atoms with van der Waals surface area (Å²) in [5.74, 6) is -0.373. The zero-order valence-corrected chi connectivity index (χ0v) is 18.3. The summed E-state index contributed by atoms with van der Waals surface area (Å²) in [6, 6.07) is 21.2. The summed E-state index contributed by atoms with van der Waals surface area (Å²) in [4.78, 5) is 14.5. The van der Waals surface area contributed by atoms with E-state index in [0.717, 1.165) is 5.56 Å². The average Bonchev–Trinajstić information content (AvgIpc) is 3.22. The van der Waals surface area contributed by atoms with Gasteiger partial charge < -0.3 is 4.90 Å². The molecule has 4 aromatic rings. The lowest BCUT2D eigenvalue weighted by atomic mass is 10.1. The first-order chi connectivity index (χ1) is 15.4. The molecule has 0 bridgehead atoms. The number of halogens is 2. The summed E-state index contributed by atoms with van der Waals surface area (Å²) in [5, 5.41) is 8.55. The second kappa shape index (κ2) is 9.32. The van der Waals surface area contributed by atoms with Crippen LogP contribution in [0, 0.1) is 11.6 Å². The summed E-state index contributed by atoms with van der Waals surface area (Å²) in [6.45, 7) is 0. The van der Waals surface area contributed by atoms with Gasteiger partial charge in [-0.25, -0.2) is 8.78 Å². The van der Waals surface area contributed by atoms with Gasteiger partial charge in [0, 0.05) is 25.3 Å². The maximum Gasteiger partial charge on any atom is 0.240 e. The largest absolute Gasteiger partial charge is 0.348 e. The number of thioether (sulfide) groups is 1. The van der Waals surface area contributed by atoms with Crippen molar-refractivity contribution >= 4 is 17.7 Å². The Bertz CT molecular complexity index is 1210. The van der Waals surface area contributed by atoms with Gasteiger partial charge in [0.25, 0.3) is 0 Å². The number of likely N-dealkylation sites (N-methyl/N-ethyl adjacent to an activating group) is 1. The van der Waals surface area contributed by atoms with E-state index in [4.69, 9.17) is 0 Å². The van der Waals surface area contributed by atoms with Gasteiger partial charge in [0.05, 0.1) is 0 Å². The molecule has 1 amide bonds. The third kappa shape index (κ3) is 4.55. The average molecular weight is 451 g/mol. The molecule has 32 heavy (non-hydrogen) atoms. The predicted molar refractivity (Wildman–Crippen MR) is 120 cm³/mol. The molecular weight excluding hydrogens is 430 g/mol. The molecule has 1 atom stereocenters. The molecule has 0 aliphatic heterocycles. The van der Waals surface area contributed by atoms with Gasteiger partial charge in [-0.05, 0) is 54.1 Å². The first-order valence-electron chi connectivity index (χ1n) is 9.84. The summed E-state index contributed by atoms with van der Waals surface area (Å²) >= 11 is 1.25. The van der Waals surface area contributed by atoms with E-state index in [9.17, 15) is 13.6 Å². The number of carbonyl (C=O) groups is 1. The molecule has 1 aromatic heterocycles. The number of benzene rings is 3. The van der Waals surface area contributed by atoms with Crippen LogP contribution in [0.1, 0.15) is 10.8 Å². The highest BCUT2D eigenvalue weighted by Crippen LogP contribution is 2.38. The smallest absolute Gasteiger partial charge is 0.240 e. The van der Waals surface area contributed by atoms with Gasteiger partial charge in [-0.3, -0.25) is 9.36 Å². The SMILES string of the molecule is CN(C)C(=O)[C@H](Sc1nnc(-c2ccc(F)cc2)n1-c1ccc(F)cc1)c1ccccc1. The van der Waals surface area contributed by atoms with Gasteiger partial charge in [-0.1, -0.05) is 42.1 Å². The maximum atomic E-state index is 13.6. The number of amides is 1. The number of hydrogen-bond donors (Lipinski definition) is 0. The van der Waals surface area contributed by atoms with Crippen LogP contribution in [-0.4, -0.2) is 39.7 Å². The topological polar surface area (TPSA) is 51.0 Å². The van der Waals surface area contributed by atoms with Crippen LogP contribution in [0.3, 0.4) is 0 Å². The van der Waals surface area contributed by atoms with Crippen LogP contribution in [0.2, 0.25) is 0 Å². The lowest BCUT2D eigenvalue weighted by Crippen LogP contribution is -2.27. The molecule has 1 heterocycles. The van der Waals surface area contributed by atoms with Gasteiger partial charge in [-0.2, -0.15) is 0 Å². The minimum absolute atomic E-state index is 0.0989. The molecule has 8 heteroatoms. The van der Waals surface area contributed by atoms with Gasteiger partial charge in [0.15, 0.2) is 11.0 Å². The minimum atomic E-state index is -0.560. The number of nitrogens with zero attached hydrogens (tertiary/aromatic N) is 4. The molecule has 0 saturated heterocycles. The predicted octanol–water partition coefficient (Wildman–Crippen LogP) is 5.13. The van der Waals surface area contributed by atoms with Crippen LogP contribution in [0.4, 0.5) is 8.78 Å². The van der Waals surface area contributed by atoms with Crippen molar-refractivity contribution in [2.75, 3.05) is 14.1 Å². The van der Waals surface area contributed by atoms with Crippen molar-refractivity contribution < 1.29 is 13.6 Å². The molecule has 0 fully saturated rings. The van der Waals surface area contributed by atoms with Gasteiger partial charge in [0.2, 0.25) is 5.91 Å². The Hall–Kier alpha value is -3.52. The fourth-order valence-electron chi connectivity index (χ4n) is 3.18. The highest BCUT2D eigenvalue weighted by molar-refractivity contribution is 8.00. The van der Waals surface area contributed by atoms with E-state index in [1.165, 1.54) is 40.9 Å². The van der Waals surface area contributed by atoms with Crippen molar-refractivity contribution in [2.24, 2.45) is 0 Å². The van der Waals surface area contributed by atoms with Gasteiger partial charge >= 0.3 is 0 Å². The van der Waals surface area contributed by atoms with Crippen LogP contribution in [0.5, 0.6) is 0 Å². The molecule has 3 aromatic carbocycles. The Kier molecular flexibility index (Phi) is 6.32. The Balaban J connectivity index is 1.83. The first-order valence-corrected chi connectivity index (χ1v) is 10.7. The molecule has 0 spiro atoms. The van der Waals surface area contributed by atoms with Crippen LogP contribution < -0.4 is 0 Å². The number of aromatic nitrogens is 3. The zero-order chi connectivity index (χ0) is 22.7. The quantitative estimate of drug-likeness (QED) is 0.382. The fraction of sp³-hybridized carbons (Fsp3) is 0.125. The van der Waals surface area contributed by atoms with Crippen molar-refractivity contribution in [3.05, 3.63) is 96.1 Å². The van der Waals surface area contributed by atoms with Gasteiger partial charge in [-0.15, -0.1) is 10.2 Å². The van der Waals surface area contributed by atoms with E-state index in [1.807, 2.05) is 30.3 Å². The summed E-state index contributed by atoms with van der Waals surface area (Å²) < 4.78 is 28.8. The highest BCUT2D eigenvalue weighted by Gasteiger charge is 2.27. The van der Waals surface area contributed by atoms with Crippen molar-refractivity contribution in [2.45, 2.75) is 10.4 Å². The van der Waals surface area contributed by atoms with Crippen molar-refractivity contribution in [1.29, 1.82) is 0 Å². The first kappa shape index (κ1) is 21.7. The Morgan fingerprint density at radius 2 is 1.47 bits per heavy atom. The van der Waals surface area contributed by atoms with E-state index in [2.05, 4.69) is 10.2 Å². The monoisotopic (exact) mass is 450 g/mol. The molecule has 0 N–H and O–H groups in total. The maximum absolute atomic E-state index is 13.6.